The van der Waals surface area contributed by atoms with Gasteiger partial charge >= 0.3 is 11.8 Å². The molecule has 4 aromatic rings. The van der Waals surface area contributed by atoms with Crippen LogP contribution in [-0.4, -0.2) is 50.1 Å². The number of ether oxygens (including phenoxy) is 3. The highest BCUT2D eigenvalue weighted by atomic mass is 19.1. The first-order valence-corrected chi connectivity index (χ1v) is 14.0. The van der Waals surface area contributed by atoms with E-state index in [0.717, 1.165) is 32.0 Å². The fourth-order valence-electron chi connectivity index (χ4n) is 4.81. The molecule has 1 saturated heterocycles. The fourth-order valence-corrected chi connectivity index (χ4v) is 4.81. The van der Waals surface area contributed by atoms with Gasteiger partial charge in [0.2, 0.25) is 0 Å². The summed E-state index contributed by atoms with van der Waals surface area (Å²) in [5.74, 6) is -1.18. The van der Waals surface area contributed by atoms with Crippen molar-refractivity contribution in [1.29, 1.82) is 0 Å². The van der Waals surface area contributed by atoms with Crippen molar-refractivity contribution in [1.82, 2.24) is 15.6 Å². The third kappa shape index (κ3) is 7.75. The van der Waals surface area contributed by atoms with E-state index >= 15 is 4.39 Å². The SMILES string of the molecule is COc1cc2c(Oc3ccc(NC(=O)C(=O)NCCc4cccc(F)c4)cc3F)ccnc2cc1OCC1CCNCC1. The van der Waals surface area contributed by atoms with Gasteiger partial charge in [-0.05, 0) is 80.2 Å². The zero-order chi connectivity index (χ0) is 30.2. The van der Waals surface area contributed by atoms with Crippen LogP contribution in [0, 0.1) is 17.6 Å². The van der Waals surface area contributed by atoms with Crippen LogP contribution in [0.5, 0.6) is 23.0 Å². The topological polar surface area (TPSA) is 111 Å². The average Bonchev–Trinajstić information content (AvgIpc) is 3.01. The van der Waals surface area contributed by atoms with Gasteiger partial charge in [0.25, 0.3) is 0 Å². The van der Waals surface area contributed by atoms with Crippen LogP contribution < -0.4 is 30.2 Å². The molecule has 0 saturated carbocycles. The number of halogens is 2. The van der Waals surface area contributed by atoms with Gasteiger partial charge in [-0.25, -0.2) is 8.78 Å². The third-order valence-corrected chi connectivity index (χ3v) is 7.12. The molecule has 0 aliphatic carbocycles. The normalized spacial score (nSPS) is 13.4. The van der Waals surface area contributed by atoms with E-state index < -0.39 is 17.6 Å². The molecule has 0 spiro atoms. The second kappa shape index (κ2) is 13.9. The molecule has 1 aliphatic heterocycles. The van der Waals surface area contributed by atoms with E-state index in [1.165, 1.54) is 24.3 Å². The molecule has 224 valence electrons. The Balaban J connectivity index is 1.21. The molecule has 5 rings (SSSR count). The van der Waals surface area contributed by atoms with E-state index in [2.05, 4.69) is 20.9 Å². The first-order chi connectivity index (χ1) is 20.9. The van der Waals surface area contributed by atoms with E-state index in [1.54, 1.807) is 43.6 Å². The Morgan fingerprint density at radius 3 is 2.56 bits per heavy atom. The Morgan fingerprint density at radius 1 is 0.953 bits per heavy atom. The van der Waals surface area contributed by atoms with Crippen molar-refractivity contribution in [3.63, 3.8) is 0 Å². The Kier molecular flexibility index (Phi) is 9.63. The number of amides is 2. The number of fused-ring (bicyclic) bond motifs is 1. The van der Waals surface area contributed by atoms with Crippen molar-refractivity contribution in [3.05, 3.63) is 84.1 Å². The summed E-state index contributed by atoms with van der Waals surface area (Å²) in [5.41, 5.74) is 1.35. The van der Waals surface area contributed by atoms with Crippen molar-refractivity contribution in [2.75, 3.05) is 38.7 Å². The number of hydrogen-bond acceptors (Lipinski definition) is 7. The maximum Gasteiger partial charge on any atom is 0.313 e. The number of nitrogens with zero attached hydrogens (tertiary/aromatic N) is 1. The molecule has 0 atom stereocenters. The Morgan fingerprint density at radius 2 is 1.79 bits per heavy atom. The number of carbonyl (C=O) groups is 2. The van der Waals surface area contributed by atoms with Gasteiger partial charge in [0, 0.05) is 35.9 Å². The number of anilines is 1. The summed E-state index contributed by atoms with van der Waals surface area (Å²) in [6.07, 6.45) is 4.00. The zero-order valence-electron chi connectivity index (χ0n) is 23.6. The molecular formula is C32H32F2N4O5. The standard InChI is InChI=1S/C32H32F2N4O5/c1-41-29-17-24-26(18-30(29)42-19-21-7-11-35-12-8-21)36-14-10-27(24)43-28-6-5-23(16-25(28)34)38-32(40)31(39)37-13-9-20-3-2-4-22(33)15-20/h2-6,10,14-18,21,35H,7-9,11-13,19H2,1H3,(H,37,39)(H,38,40). The molecule has 9 nitrogen and oxygen atoms in total. The molecular weight excluding hydrogens is 558 g/mol. The monoisotopic (exact) mass is 590 g/mol. The van der Waals surface area contributed by atoms with Crippen LogP contribution in [0.1, 0.15) is 18.4 Å². The maximum absolute atomic E-state index is 15.0. The molecule has 43 heavy (non-hydrogen) atoms. The van der Waals surface area contributed by atoms with E-state index in [0.29, 0.717) is 52.7 Å². The lowest BCUT2D eigenvalue weighted by Crippen LogP contribution is -2.36. The number of carbonyl (C=O) groups excluding carboxylic acids is 2. The van der Waals surface area contributed by atoms with Gasteiger partial charge in [-0.3, -0.25) is 14.6 Å². The molecule has 3 N–H and O–H groups in total. The Labute approximate surface area is 247 Å². The molecule has 11 heteroatoms. The first-order valence-electron chi connectivity index (χ1n) is 14.0. The molecule has 1 aromatic heterocycles. The molecule has 0 bridgehead atoms. The number of pyridine rings is 1. The van der Waals surface area contributed by atoms with Crippen molar-refractivity contribution in [2.45, 2.75) is 19.3 Å². The van der Waals surface area contributed by atoms with Crippen LogP contribution in [0.4, 0.5) is 14.5 Å². The van der Waals surface area contributed by atoms with Crippen molar-refractivity contribution >= 4 is 28.4 Å². The van der Waals surface area contributed by atoms with Crippen molar-refractivity contribution < 1.29 is 32.6 Å². The van der Waals surface area contributed by atoms with Crippen LogP contribution in [0.25, 0.3) is 10.9 Å². The van der Waals surface area contributed by atoms with Crippen LogP contribution in [0.3, 0.4) is 0 Å². The maximum atomic E-state index is 15.0. The summed E-state index contributed by atoms with van der Waals surface area (Å²) < 4.78 is 45.9. The molecule has 1 fully saturated rings. The van der Waals surface area contributed by atoms with Crippen LogP contribution in [-0.2, 0) is 16.0 Å². The van der Waals surface area contributed by atoms with Gasteiger partial charge in [-0.15, -0.1) is 0 Å². The van der Waals surface area contributed by atoms with Gasteiger partial charge in [-0.2, -0.15) is 0 Å². The largest absolute Gasteiger partial charge is 0.493 e. The number of aromatic nitrogens is 1. The lowest BCUT2D eigenvalue weighted by atomic mass is 9.99. The number of benzene rings is 3. The predicted molar refractivity (Wildman–Crippen MR) is 158 cm³/mol. The van der Waals surface area contributed by atoms with Crippen LogP contribution in [0.2, 0.25) is 0 Å². The number of piperidine rings is 1. The number of hydrogen-bond donors (Lipinski definition) is 3. The first kappa shape index (κ1) is 29.7. The molecule has 2 heterocycles. The van der Waals surface area contributed by atoms with Gasteiger partial charge in [0.15, 0.2) is 23.1 Å². The highest BCUT2D eigenvalue weighted by Crippen LogP contribution is 2.38. The summed E-state index contributed by atoms with van der Waals surface area (Å²) in [6, 6.07) is 14.9. The van der Waals surface area contributed by atoms with E-state index in [9.17, 15) is 14.0 Å². The molecule has 1 aliphatic rings. The number of methoxy groups -OCH3 is 1. The minimum atomic E-state index is -0.960. The van der Waals surface area contributed by atoms with Gasteiger partial charge in [0.05, 0.1) is 19.2 Å². The van der Waals surface area contributed by atoms with E-state index in [1.807, 2.05) is 0 Å². The predicted octanol–water partition coefficient (Wildman–Crippen LogP) is 4.99. The third-order valence-electron chi connectivity index (χ3n) is 7.12. The van der Waals surface area contributed by atoms with Gasteiger partial charge < -0.3 is 30.2 Å². The average molecular weight is 591 g/mol. The van der Waals surface area contributed by atoms with Crippen LogP contribution in [0.15, 0.2) is 66.9 Å². The highest BCUT2D eigenvalue weighted by Gasteiger charge is 2.18. The second-order valence-electron chi connectivity index (χ2n) is 10.2. The van der Waals surface area contributed by atoms with Crippen molar-refractivity contribution in [2.24, 2.45) is 5.92 Å². The van der Waals surface area contributed by atoms with E-state index in [4.69, 9.17) is 14.2 Å². The summed E-state index contributed by atoms with van der Waals surface area (Å²) in [6.45, 7) is 2.66. The Bertz CT molecular complexity index is 1610. The minimum absolute atomic E-state index is 0.0759. The fraction of sp³-hybridized carbons (Fsp3) is 0.281. The second-order valence-corrected chi connectivity index (χ2v) is 10.2. The zero-order valence-corrected chi connectivity index (χ0v) is 23.6. The molecule has 2 amide bonds. The van der Waals surface area contributed by atoms with Crippen molar-refractivity contribution in [3.8, 4) is 23.0 Å². The molecule has 3 aromatic carbocycles. The van der Waals surface area contributed by atoms with Crippen LogP contribution >= 0.6 is 0 Å². The highest BCUT2D eigenvalue weighted by molar-refractivity contribution is 6.39. The lowest BCUT2D eigenvalue weighted by Gasteiger charge is -2.23. The van der Waals surface area contributed by atoms with E-state index in [-0.39, 0.29) is 23.8 Å². The van der Waals surface area contributed by atoms with Gasteiger partial charge in [-0.1, -0.05) is 12.1 Å². The minimum Gasteiger partial charge on any atom is -0.493 e. The summed E-state index contributed by atoms with van der Waals surface area (Å²) in [4.78, 5) is 28.9. The van der Waals surface area contributed by atoms with Gasteiger partial charge in [0.1, 0.15) is 11.6 Å². The Hall–Kier alpha value is -4.77. The quantitative estimate of drug-likeness (QED) is 0.223. The summed E-state index contributed by atoms with van der Waals surface area (Å²) in [5, 5.41) is 8.77. The summed E-state index contributed by atoms with van der Waals surface area (Å²) in [7, 11) is 1.55. The molecule has 0 unspecified atom stereocenters. The smallest absolute Gasteiger partial charge is 0.313 e. The number of rotatable bonds is 10. The summed E-state index contributed by atoms with van der Waals surface area (Å²) >= 11 is 0. The number of nitrogens with one attached hydrogen (secondary N) is 3. The molecule has 0 radical (unpaired) electrons. The lowest BCUT2D eigenvalue weighted by molar-refractivity contribution is -0.136.